The van der Waals surface area contributed by atoms with Crippen LogP contribution in [0.2, 0.25) is 5.02 Å². The van der Waals surface area contributed by atoms with Crippen LogP contribution in [0, 0.1) is 0 Å². The lowest BCUT2D eigenvalue weighted by atomic mass is 9.92. The van der Waals surface area contributed by atoms with Crippen LogP contribution in [0.5, 0.6) is 11.5 Å². The Balaban J connectivity index is 2.41. The van der Waals surface area contributed by atoms with Gasteiger partial charge in [0.2, 0.25) is 0 Å². The number of methoxy groups -OCH3 is 2. The number of alkyl halides is 1. The molecule has 3 nitrogen and oxygen atoms in total. The fraction of sp³-hybridized carbons (Fsp3) is 0.571. The highest BCUT2D eigenvalue weighted by atomic mass is 35.5. The van der Waals surface area contributed by atoms with Crippen LogP contribution in [-0.2, 0) is 4.74 Å². The Morgan fingerprint density at radius 3 is 2.58 bits per heavy atom. The predicted molar refractivity (Wildman–Crippen MR) is 76.7 cm³/mol. The predicted octanol–water partition coefficient (Wildman–Crippen LogP) is 4.21. The molecule has 1 saturated heterocycles. The first-order valence-corrected chi connectivity index (χ1v) is 7.03. The van der Waals surface area contributed by atoms with Gasteiger partial charge in [0, 0.05) is 12.2 Å². The second kappa shape index (κ2) is 5.78. The molecule has 0 aliphatic carbocycles. The standard InChI is InChI=1S/C14H18Cl2O3/c1-14(7-4-8-19-14)13(16)9-5-6-10(17-2)11(15)12(9)18-3/h5-6,13H,4,7-8H2,1-3H3. The highest BCUT2D eigenvalue weighted by Gasteiger charge is 2.40. The number of benzene rings is 1. The highest BCUT2D eigenvalue weighted by molar-refractivity contribution is 6.34. The van der Waals surface area contributed by atoms with Crippen LogP contribution >= 0.6 is 23.2 Å². The van der Waals surface area contributed by atoms with Gasteiger partial charge in [-0.15, -0.1) is 11.6 Å². The minimum Gasteiger partial charge on any atom is -0.495 e. The van der Waals surface area contributed by atoms with Gasteiger partial charge in [-0.25, -0.2) is 0 Å². The molecule has 1 heterocycles. The maximum atomic E-state index is 6.60. The van der Waals surface area contributed by atoms with Gasteiger partial charge in [0.15, 0.2) is 0 Å². The van der Waals surface area contributed by atoms with Crippen LogP contribution in [0.25, 0.3) is 0 Å². The van der Waals surface area contributed by atoms with Crippen molar-refractivity contribution in [3.8, 4) is 11.5 Å². The summed E-state index contributed by atoms with van der Waals surface area (Å²) in [6, 6.07) is 3.68. The Bertz CT molecular complexity index is 456. The SMILES string of the molecule is COc1ccc(C(Cl)C2(C)CCCO2)c(OC)c1Cl. The third-order valence-corrected chi connectivity index (χ3v) is 4.63. The molecule has 2 unspecified atom stereocenters. The quantitative estimate of drug-likeness (QED) is 0.780. The lowest BCUT2D eigenvalue weighted by Crippen LogP contribution is -2.29. The summed E-state index contributed by atoms with van der Waals surface area (Å²) in [5.74, 6) is 1.13. The normalized spacial score (nSPS) is 24.3. The molecule has 1 aromatic carbocycles. The van der Waals surface area contributed by atoms with Gasteiger partial charge < -0.3 is 14.2 Å². The third-order valence-electron chi connectivity index (χ3n) is 3.57. The molecule has 0 bridgehead atoms. The molecule has 1 aliphatic heterocycles. The summed E-state index contributed by atoms with van der Waals surface area (Å²) < 4.78 is 16.4. The molecule has 19 heavy (non-hydrogen) atoms. The molecule has 5 heteroatoms. The Labute approximate surface area is 123 Å². The van der Waals surface area contributed by atoms with E-state index in [0.29, 0.717) is 16.5 Å². The molecular weight excluding hydrogens is 287 g/mol. The van der Waals surface area contributed by atoms with Crippen molar-refractivity contribution in [3.63, 3.8) is 0 Å². The first-order chi connectivity index (χ1) is 9.03. The summed E-state index contributed by atoms with van der Waals surface area (Å²) in [4.78, 5) is 0. The maximum Gasteiger partial charge on any atom is 0.146 e. The van der Waals surface area contributed by atoms with E-state index in [2.05, 4.69) is 0 Å². The van der Waals surface area contributed by atoms with Crippen LogP contribution in [-0.4, -0.2) is 26.4 Å². The molecule has 0 radical (unpaired) electrons. The fourth-order valence-corrected chi connectivity index (χ4v) is 3.12. The Morgan fingerprint density at radius 1 is 1.32 bits per heavy atom. The average Bonchev–Trinajstić information content (AvgIpc) is 2.85. The fourth-order valence-electron chi connectivity index (χ4n) is 2.45. The van der Waals surface area contributed by atoms with Crippen LogP contribution in [0.15, 0.2) is 12.1 Å². The summed E-state index contributed by atoms with van der Waals surface area (Å²) in [6.07, 6.45) is 1.94. The van der Waals surface area contributed by atoms with E-state index in [0.717, 1.165) is 25.0 Å². The van der Waals surface area contributed by atoms with Gasteiger partial charge in [-0.05, 0) is 31.9 Å². The van der Waals surface area contributed by atoms with Crippen molar-refractivity contribution in [2.75, 3.05) is 20.8 Å². The largest absolute Gasteiger partial charge is 0.495 e. The molecule has 2 rings (SSSR count). The Kier molecular flexibility index (Phi) is 4.49. The van der Waals surface area contributed by atoms with E-state index in [1.807, 2.05) is 13.0 Å². The average molecular weight is 305 g/mol. The molecule has 2 atom stereocenters. The summed E-state index contributed by atoms with van der Waals surface area (Å²) in [5.41, 5.74) is 0.451. The van der Waals surface area contributed by atoms with Crippen molar-refractivity contribution in [3.05, 3.63) is 22.7 Å². The summed E-state index contributed by atoms with van der Waals surface area (Å²) in [5, 5.41) is 0.128. The van der Waals surface area contributed by atoms with Crippen molar-refractivity contribution in [2.24, 2.45) is 0 Å². The monoisotopic (exact) mass is 304 g/mol. The Hall–Kier alpha value is -0.640. The molecule has 106 valence electrons. The number of ether oxygens (including phenoxy) is 3. The number of halogens is 2. The molecule has 0 N–H and O–H groups in total. The summed E-state index contributed by atoms with van der Waals surface area (Å²) >= 11 is 12.9. The van der Waals surface area contributed by atoms with Crippen molar-refractivity contribution < 1.29 is 14.2 Å². The van der Waals surface area contributed by atoms with E-state index in [1.165, 1.54) is 0 Å². The minimum atomic E-state index is -0.382. The molecule has 0 amide bonds. The number of rotatable bonds is 4. The van der Waals surface area contributed by atoms with Crippen molar-refractivity contribution in [1.82, 2.24) is 0 Å². The zero-order valence-electron chi connectivity index (χ0n) is 11.3. The molecule has 0 spiro atoms. The Morgan fingerprint density at radius 2 is 2.05 bits per heavy atom. The van der Waals surface area contributed by atoms with Gasteiger partial charge >= 0.3 is 0 Å². The van der Waals surface area contributed by atoms with E-state index in [1.54, 1.807) is 20.3 Å². The molecular formula is C14H18Cl2O3. The molecule has 1 aromatic rings. The van der Waals surface area contributed by atoms with E-state index < -0.39 is 0 Å². The van der Waals surface area contributed by atoms with Crippen molar-refractivity contribution >= 4 is 23.2 Å². The molecule has 0 aromatic heterocycles. The highest BCUT2D eigenvalue weighted by Crippen LogP contribution is 2.48. The second-order valence-corrected chi connectivity index (χ2v) is 5.65. The van der Waals surface area contributed by atoms with Crippen molar-refractivity contribution in [1.29, 1.82) is 0 Å². The first kappa shape index (κ1) is 14.8. The van der Waals surface area contributed by atoms with E-state index in [-0.39, 0.29) is 11.0 Å². The topological polar surface area (TPSA) is 27.7 Å². The van der Waals surface area contributed by atoms with Gasteiger partial charge in [0.25, 0.3) is 0 Å². The zero-order chi connectivity index (χ0) is 14.0. The molecule has 1 fully saturated rings. The minimum absolute atomic E-state index is 0.312. The smallest absolute Gasteiger partial charge is 0.146 e. The molecule has 1 aliphatic rings. The molecule has 0 saturated carbocycles. The zero-order valence-corrected chi connectivity index (χ0v) is 12.8. The lowest BCUT2D eigenvalue weighted by Gasteiger charge is -2.30. The van der Waals surface area contributed by atoms with Crippen LogP contribution < -0.4 is 9.47 Å². The van der Waals surface area contributed by atoms with Gasteiger partial charge in [0.05, 0.1) is 25.2 Å². The first-order valence-electron chi connectivity index (χ1n) is 6.22. The van der Waals surface area contributed by atoms with E-state index in [4.69, 9.17) is 37.4 Å². The summed E-state index contributed by atoms with van der Waals surface area (Å²) in [7, 11) is 3.14. The van der Waals surface area contributed by atoms with Gasteiger partial charge in [-0.2, -0.15) is 0 Å². The van der Waals surface area contributed by atoms with Gasteiger partial charge in [-0.3, -0.25) is 0 Å². The van der Waals surface area contributed by atoms with E-state index >= 15 is 0 Å². The number of hydrogen-bond donors (Lipinski definition) is 0. The third kappa shape index (κ3) is 2.64. The lowest BCUT2D eigenvalue weighted by molar-refractivity contribution is 0.0159. The summed E-state index contributed by atoms with van der Waals surface area (Å²) in [6.45, 7) is 2.77. The maximum absolute atomic E-state index is 6.60. The van der Waals surface area contributed by atoms with Crippen LogP contribution in [0.1, 0.15) is 30.7 Å². The van der Waals surface area contributed by atoms with Crippen LogP contribution in [0.3, 0.4) is 0 Å². The second-order valence-electron chi connectivity index (χ2n) is 4.83. The number of hydrogen-bond acceptors (Lipinski definition) is 3. The van der Waals surface area contributed by atoms with Gasteiger partial charge in [-0.1, -0.05) is 11.6 Å². The van der Waals surface area contributed by atoms with Crippen molar-refractivity contribution in [2.45, 2.75) is 30.7 Å². The van der Waals surface area contributed by atoms with Gasteiger partial charge in [0.1, 0.15) is 16.5 Å². The van der Waals surface area contributed by atoms with E-state index in [9.17, 15) is 0 Å². The van der Waals surface area contributed by atoms with Crippen LogP contribution in [0.4, 0.5) is 0 Å².